The van der Waals surface area contributed by atoms with Gasteiger partial charge in [0.05, 0.1) is 12.7 Å². The van der Waals surface area contributed by atoms with E-state index in [1.165, 1.54) is 36.8 Å². The average molecular weight is 300 g/mol. The molecule has 0 aliphatic heterocycles. The minimum atomic E-state index is 0.247. The van der Waals surface area contributed by atoms with Gasteiger partial charge in [0.25, 0.3) is 0 Å². The largest absolute Gasteiger partial charge is 0.374 e. The van der Waals surface area contributed by atoms with Crippen LogP contribution in [0.3, 0.4) is 0 Å². The second-order valence-corrected chi connectivity index (χ2v) is 7.30. The molecule has 0 spiro atoms. The Hall–Kier alpha value is -1.08. The third-order valence-corrected chi connectivity index (χ3v) is 4.76. The summed E-state index contributed by atoms with van der Waals surface area (Å²) in [6.07, 6.45) is 9.91. The van der Waals surface area contributed by atoms with Crippen molar-refractivity contribution in [3.8, 4) is 0 Å². The van der Waals surface area contributed by atoms with Gasteiger partial charge in [0, 0.05) is 0 Å². The third kappa shape index (κ3) is 5.61. The van der Waals surface area contributed by atoms with Gasteiger partial charge in [-0.25, -0.2) is 0 Å². The van der Waals surface area contributed by atoms with Crippen LogP contribution in [0.2, 0.25) is 0 Å². The normalized spacial score (nSPS) is 24.0. The van der Waals surface area contributed by atoms with Crippen LogP contribution in [0, 0.1) is 18.8 Å². The predicted octanol–water partition coefficient (Wildman–Crippen LogP) is 5.89. The molecule has 0 saturated heterocycles. The number of hydrogen-bond acceptors (Lipinski definition) is 1. The van der Waals surface area contributed by atoms with Crippen molar-refractivity contribution in [2.24, 2.45) is 11.8 Å². The van der Waals surface area contributed by atoms with E-state index in [1.807, 2.05) is 0 Å². The maximum Gasteiger partial charge on any atom is 0.0727 e. The van der Waals surface area contributed by atoms with E-state index in [-0.39, 0.29) is 6.10 Å². The van der Waals surface area contributed by atoms with E-state index >= 15 is 0 Å². The van der Waals surface area contributed by atoms with Crippen molar-refractivity contribution in [2.75, 3.05) is 6.61 Å². The standard InChI is InChI=1S/C21H32O/c1-16(2)5-8-18(4)22-15-19-9-13-21(14-10-19)20-11-6-17(3)7-12-20/h5-8,11-12,16,18-19,21H,9-10,13-15H2,1-4H3/b8-5-. The van der Waals surface area contributed by atoms with E-state index in [2.05, 4.69) is 64.1 Å². The van der Waals surface area contributed by atoms with E-state index in [0.29, 0.717) is 5.92 Å². The lowest BCUT2D eigenvalue weighted by atomic mass is 9.79. The summed E-state index contributed by atoms with van der Waals surface area (Å²) in [7, 11) is 0. The summed E-state index contributed by atoms with van der Waals surface area (Å²) in [6.45, 7) is 9.64. The molecule has 1 unspecified atom stereocenters. The van der Waals surface area contributed by atoms with E-state index in [1.54, 1.807) is 0 Å². The topological polar surface area (TPSA) is 9.23 Å². The van der Waals surface area contributed by atoms with E-state index in [0.717, 1.165) is 18.4 Å². The molecule has 1 atom stereocenters. The van der Waals surface area contributed by atoms with Gasteiger partial charge in [-0.15, -0.1) is 0 Å². The quantitative estimate of drug-likeness (QED) is 0.595. The summed E-state index contributed by atoms with van der Waals surface area (Å²) in [4.78, 5) is 0. The number of rotatable bonds is 6. The molecule has 1 saturated carbocycles. The van der Waals surface area contributed by atoms with Crippen molar-refractivity contribution in [3.63, 3.8) is 0 Å². The molecule has 1 aliphatic carbocycles. The van der Waals surface area contributed by atoms with Crippen molar-refractivity contribution >= 4 is 0 Å². The molecule has 0 N–H and O–H groups in total. The van der Waals surface area contributed by atoms with Gasteiger partial charge in [-0.2, -0.15) is 0 Å². The zero-order valence-corrected chi connectivity index (χ0v) is 14.7. The highest BCUT2D eigenvalue weighted by Crippen LogP contribution is 2.36. The summed E-state index contributed by atoms with van der Waals surface area (Å²) >= 11 is 0. The van der Waals surface area contributed by atoms with Crippen LogP contribution >= 0.6 is 0 Å². The van der Waals surface area contributed by atoms with Gasteiger partial charge in [-0.05, 0) is 62.8 Å². The van der Waals surface area contributed by atoms with Gasteiger partial charge in [-0.1, -0.05) is 55.8 Å². The number of ether oxygens (including phenoxy) is 1. The molecular formula is C21H32O. The highest BCUT2D eigenvalue weighted by Gasteiger charge is 2.22. The Morgan fingerprint density at radius 3 is 2.23 bits per heavy atom. The molecule has 122 valence electrons. The maximum atomic E-state index is 6.00. The molecular weight excluding hydrogens is 268 g/mol. The first-order valence-electron chi connectivity index (χ1n) is 8.91. The molecule has 1 aliphatic rings. The van der Waals surface area contributed by atoms with Crippen LogP contribution in [0.25, 0.3) is 0 Å². The molecule has 0 aromatic heterocycles. The van der Waals surface area contributed by atoms with Crippen LogP contribution < -0.4 is 0 Å². The molecule has 1 aromatic carbocycles. The van der Waals surface area contributed by atoms with Crippen LogP contribution in [-0.4, -0.2) is 12.7 Å². The highest BCUT2D eigenvalue weighted by molar-refractivity contribution is 5.24. The zero-order valence-electron chi connectivity index (χ0n) is 14.7. The minimum Gasteiger partial charge on any atom is -0.374 e. The smallest absolute Gasteiger partial charge is 0.0727 e. The van der Waals surface area contributed by atoms with Crippen LogP contribution in [0.5, 0.6) is 0 Å². The number of aryl methyl sites for hydroxylation is 1. The molecule has 1 fully saturated rings. The predicted molar refractivity (Wildman–Crippen MR) is 95.3 cm³/mol. The first kappa shape index (κ1) is 17.3. The molecule has 0 radical (unpaired) electrons. The maximum absolute atomic E-state index is 6.00. The monoisotopic (exact) mass is 300 g/mol. The molecule has 22 heavy (non-hydrogen) atoms. The Morgan fingerprint density at radius 1 is 1.00 bits per heavy atom. The lowest BCUT2D eigenvalue weighted by Crippen LogP contribution is -2.20. The second-order valence-electron chi connectivity index (χ2n) is 7.30. The number of hydrogen-bond donors (Lipinski definition) is 0. The Bertz CT molecular complexity index is 449. The van der Waals surface area contributed by atoms with Gasteiger partial charge in [0.2, 0.25) is 0 Å². The number of benzene rings is 1. The molecule has 1 aromatic rings. The third-order valence-electron chi connectivity index (χ3n) is 4.76. The fourth-order valence-corrected chi connectivity index (χ4v) is 3.22. The van der Waals surface area contributed by atoms with Crippen LogP contribution in [-0.2, 0) is 4.74 Å². The van der Waals surface area contributed by atoms with Gasteiger partial charge in [0.15, 0.2) is 0 Å². The SMILES string of the molecule is Cc1ccc(C2CCC(COC(C)/C=C\C(C)C)CC2)cc1. The first-order chi connectivity index (χ1) is 10.5. The van der Waals surface area contributed by atoms with Crippen LogP contribution in [0.4, 0.5) is 0 Å². The minimum absolute atomic E-state index is 0.247. The van der Waals surface area contributed by atoms with Crippen molar-refractivity contribution in [2.45, 2.75) is 65.4 Å². The molecule has 0 bridgehead atoms. The highest BCUT2D eigenvalue weighted by atomic mass is 16.5. The summed E-state index contributed by atoms with van der Waals surface area (Å²) in [5, 5.41) is 0. The Morgan fingerprint density at radius 2 is 1.64 bits per heavy atom. The van der Waals surface area contributed by atoms with Crippen LogP contribution in [0.15, 0.2) is 36.4 Å². The average Bonchev–Trinajstić information content (AvgIpc) is 2.52. The fourth-order valence-electron chi connectivity index (χ4n) is 3.22. The zero-order chi connectivity index (χ0) is 15.9. The van der Waals surface area contributed by atoms with Gasteiger partial charge < -0.3 is 4.74 Å². The van der Waals surface area contributed by atoms with E-state index in [4.69, 9.17) is 4.74 Å². The van der Waals surface area contributed by atoms with Crippen molar-refractivity contribution < 1.29 is 4.74 Å². The van der Waals surface area contributed by atoms with Gasteiger partial charge in [-0.3, -0.25) is 0 Å². The lowest BCUT2D eigenvalue weighted by molar-refractivity contribution is 0.0540. The summed E-state index contributed by atoms with van der Waals surface area (Å²) in [6, 6.07) is 9.12. The summed E-state index contributed by atoms with van der Waals surface area (Å²) < 4.78 is 6.00. The van der Waals surface area contributed by atoms with Gasteiger partial charge >= 0.3 is 0 Å². The van der Waals surface area contributed by atoms with E-state index < -0.39 is 0 Å². The molecule has 1 heteroatoms. The lowest BCUT2D eigenvalue weighted by Gasteiger charge is -2.29. The fraction of sp³-hybridized carbons (Fsp3) is 0.619. The second kappa shape index (κ2) is 8.53. The summed E-state index contributed by atoms with van der Waals surface area (Å²) in [5.74, 6) is 2.11. The Kier molecular flexibility index (Phi) is 6.70. The van der Waals surface area contributed by atoms with Crippen molar-refractivity contribution in [1.29, 1.82) is 0 Å². The Balaban J connectivity index is 1.72. The Labute approximate surface area is 136 Å². The van der Waals surface area contributed by atoms with Crippen molar-refractivity contribution in [3.05, 3.63) is 47.5 Å². The molecule has 0 amide bonds. The number of allylic oxidation sites excluding steroid dienone is 1. The molecule has 0 heterocycles. The van der Waals surface area contributed by atoms with Gasteiger partial charge in [0.1, 0.15) is 0 Å². The molecule has 1 nitrogen and oxygen atoms in total. The molecule has 2 rings (SSSR count). The van der Waals surface area contributed by atoms with Crippen LogP contribution in [0.1, 0.15) is 63.5 Å². The van der Waals surface area contributed by atoms with Crippen molar-refractivity contribution in [1.82, 2.24) is 0 Å². The summed E-state index contributed by atoms with van der Waals surface area (Å²) in [5.41, 5.74) is 2.88. The van der Waals surface area contributed by atoms with E-state index in [9.17, 15) is 0 Å². The first-order valence-corrected chi connectivity index (χ1v) is 8.91.